The number of hydrogen-bond donors (Lipinski definition) is 0. The van der Waals surface area contributed by atoms with Crippen LogP contribution in [0, 0.1) is 11.3 Å². The van der Waals surface area contributed by atoms with E-state index in [9.17, 15) is 9.59 Å². The number of benzene rings is 1. The van der Waals surface area contributed by atoms with Gasteiger partial charge in [-0.2, -0.15) is 5.26 Å². The normalized spacial score (nSPS) is 16.1. The molecule has 0 bridgehead atoms. The maximum Gasteiger partial charge on any atom is 0.224 e. The van der Waals surface area contributed by atoms with Crippen LogP contribution >= 0.6 is 0 Å². The van der Waals surface area contributed by atoms with E-state index in [1.165, 1.54) is 0 Å². The molecule has 1 aliphatic heterocycles. The fourth-order valence-electron chi connectivity index (χ4n) is 3.49. The second-order valence-corrected chi connectivity index (χ2v) is 7.04. The third-order valence-corrected chi connectivity index (χ3v) is 5.07. The number of carbonyl (C=O) groups excluding carboxylic acids is 2. The number of pyridine rings is 1. The molecule has 146 valence electrons. The molecule has 1 aromatic heterocycles. The lowest BCUT2D eigenvalue weighted by Crippen LogP contribution is -2.34. The van der Waals surface area contributed by atoms with Gasteiger partial charge in [0.1, 0.15) is 11.8 Å². The molecule has 0 radical (unpaired) electrons. The summed E-state index contributed by atoms with van der Waals surface area (Å²) in [4.78, 5) is 31.1. The Morgan fingerprint density at radius 3 is 2.96 bits per heavy atom. The maximum absolute atomic E-state index is 12.8. The average Bonchev–Trinajstić information content (AvgIpc) is 3.20. The minimum Gasteiger partial charge on any atom is -0.494 e. The molecule has 28 heavy (non-hydrogen) atoms. The van der Waals surface area contributed by atoms with Gasteiger partial charge in [0.05, 0.1) is 18.2 Å². The molecule has 1 aliphatic rings. The van der Waals surface area contributed by atoms with Crippen molar-refractivity contribution in [2.24, 2.45) is 0 Å². The van der Waals surface area contributed by atoms with Crippen LogP contribution in [0.3, 0.4) is 0 Å². The smallest absolute Gasteiger partial charge is 0.224 e. The van der Waals surface area contributed by atoms with Crippen molar-refractivity contribution in [3.05, 3.63) is 36.0 Å². The Morgan fingerprint density at radius 1 is 1.32 bits per heavy atom. The first-order valence-electron chi connectivity index (χ1n) is 9.88. The number of ether oxygens (including phenoxy) is 1. The van der Waals surface area contributed by atoms with Crippen molar-refractivity contribution in [2.45, 2.75) is 51.5 Å². The predicted molar refractivity (Wildman–Crippen MR) is 106 cm³/mol. The van der Waals surface area contributed by atoms with Gasteiger partial charge in [-0.1, -0.05) is 13.3 Å². The van der Waals surface area contributed by atoms with Crippen molar-refractivity contribution in [3.63, 3.8) is 0 Å². The molecule has 3 rings (SSSR count). The number of nitrogens with zero attached hydrogens (tertiary/aromatic N) is 3. The van der Waals surface area contributed by atoms with Gasteiger partial charge in [-0.25, -0.2) is 0 Å². The molecule has 2 aromatic rings. The number of fused-ring (bicyclic) bond motifs is 1. The minimum atomic E-state index is -0.354. The maximum atomic E-state index is 12.8. The van der Waals surface area contributed by atoms with Gasteiger partial charge < -0.3 is 9.64 Å². The van der Waals surface area contributed by atoms with Crippen LogP contribution in [0.1, 0.15) is 55.8 Å². The van der Waals surface area contributed by atoms with E-state index in [4.69, 9.17) is 10.00 Å². The van der Waals surface area contributed by atoms with Gasteiger partial charge in [-0.15, -0.1) is 0 Å². The van der Waals surface area contributed by atoms with Crippen molar-refractivity contribution >= 4 is 22.6 Å². The summed E-state index contributed by atoms with van der Waals surface area (Å²) in [6, 6.07) is 9.06. The molecule has 0 unspecified atom stereocenters. The highest BCUT2D eigenvalue weighted by molar-refractivity contribution is 6.08. The molecule has 1 fully saturated rings. The second-order valence-electron chi connectivity index (χ2n) is 7.04. The minimum absolute atomic E-state index is 0.0980. The molecule has 2 heterocycles. The van der Waals surface area contributed by atoms with E-state index in [2.05, 4.69) is 18.0 Å². The van der Waals surface area contributed by atoms with E-state index in [1.807, 2.05) is 18.2 Å². The number of hydrogen-bond acceptors (Lipinski definition) is 5. The van der Waals surface area contributed by atoms with Crippen LogP contribution in [-0.4, -0.2) is 40.8 Å². The number of rotatable bonds is 8. The van der Waals surface area contributed by atoms with Crippen LogP contribution in [0.2, 0.25) is 0 Å². The fraction of sp³-hybridized carbons (Fsp3) is 0.455. The fourth-order valence-corrected chi connectivity index (χ4v) is 3.49. The first kappa shape index (κ1) is 19.8. The molecule has 0 N–H and O–H groups in total. The summed E-state index contributed by atoms with van der Waals surface area (Å²) in [6.45, 7) is 3.34. The highest BCUT2D eigenvalue weighted by Crippen LogP contribution is 2.25. The molecule has 6 nitrogen and oxygen atoms in total. The van der Waals surface area contributed by atoms with E-state index in [1.54, 1.807) is 17.2 Å². The van der Waals surface area contributed by atoms with Gasteiger partial charge >= 0.3 is 0 Å². The van der Waals surface area contributed by atoms with E-state index in [0.29, 0.717) is 30.9 Å². The van der Waals surface area contributed by atoms with Gasteiger partial charge in [-0.05, 0) is 43.5 Å². The third kappa shape index (κ3) is 4.48. The zero-order valence-electron chi connectivity index (χ0n) is 16.2. The average molecular weight is 379 g/mol. The number of unbranched alkanes of at least 4 members (excludes halogenated alkanes) is 1. The topological polar surface area (TPSA) is 83.3 Å². The summed E-state index contributed by atoms with van der Waals surface area (Å²) in [5, 5.41) is 9.87. The van der Waals surface area contributed by atoms with Crippen LogP contribution in [0.15, 0.2) is 30.5 Å². The lowest BCUT2D eigenvalue weighted by Gasteiger charge is -2.19. The molecule has 1 amide bonds. The first-order valence-corrected chi connectivity index (χ1v) is 9.88. The molecule has 1 atom stereocenters. The summed E-state index contributed by atoms with van der Waals surface area (Å²) >= 11 is 0. The Balaban J connectivity index is 1.71. The Morgan fingerprint density at radius 2 is 2.18 bits per heavy atom. The van der Waals surface area contributed by atoms with Crippen LogP contribution < -0.4 is 4.74 Å². The third-order valence-electron chi connectivity index (χ3n) is 5.07. The van der Waals surface area contributed by atoms with Gasteiger partial charge in [-0.3, -0.25) is 14.6 Å². The Kier molecular flexibility index (Phi) is 6.59. The molecular formula is C22H25N3O3. The molecule has 0 spiro atoms. The monoisotopic (exact) mass is 379 g/mol. The highest BCUT2D eigenvalue weighted by atomic mass is 16.5. The standard InChI is InChI=1S/C22H25N3O3/c1-2-3-13-28-17-6-7-20-19(14-17)18(10-11-24-20)21(26)8-9-22(27)25-12-4-5-16(25)15-23/h6-7,10-11,14,16H,2-5,8-9,12-13H2,1H3/t16-/m0/s1. The molecule has 1 aromatic carbocycles. The number of ketones is 1. The van der Waals surface area contributed by atoms with Crippen LogP contribution in [-0.2, 0) is 4.79 Å². The summed E-state index contributed by atoms with van der Waals surface area (Å²) < 4.78 is 5.75. The SMILES string of the molecule is CCCCOc1ccc2nccc(C(=O)CCC(=O)N3CCC[C@H]3C#N)c2c1. The first-order chi connectivity index (χ1) is 13.6. The zero-order chi connectivity index (χ0) is 19.9. The van der Waals surface area contributed by atoms with Crippen LogP contribution in [0.25, 0.3) is 10.9 Å². The van der Waals surface area contributed by atoms with Gasteiger partial charge in [0.2, 0.25) is 5.91 Å². The Labute approximate surface area is 165 Å². The lowest BCUT2D eigenvalue weighted by molar-refractivity contribution is -0.131. The molecular weight excluding hydrogens is 354 g/mol. The van der Waals surface area contributed by atoms with Gasteiger partial charge in [0.25, 0.3) is 0 Å². The van der Waals surface area contributed by atoms with E-state index in [-0.39, 0.29) is 30.6 Å². The summed E-state index contributed by atoms with van der Waals surface area (Å²) in [5.74, 6) is 0.492. The number of Topliss-reactive ketones (excluding diaryl/α,β-unsaturated/α-hetero) is 1. The number of nitriles is 1. The summed E-state index contributed by atoms with van der Waals surface area (Å²) in [6.07, 6.45) is 5.43. The molecule has 1 saturated heterocycles. The molecule has 0 aliphatic carbocycles. The summed E-state index contributed by atoms with van der Waals surface area (Å²) in [7, 11) is 0. The van der Waals surface area contributed by atoms with Crippen molar-refractivity contribution in [1.82, 2.24) is 9.88 Å². The van der Waals surface area contributed by atoms with Crippen molar-refractivity contribution in [1.29, 1.82) is 5.26 Å². The zero-order valence-corrected chi connectivity index (χ0v) is 16.2. The quantitative estimate of drug-likeness (QED) is 0.513. The lowest BCUT2D eigenvalue weighted by atomic mass is 10.0. The second kappa shape index (κ2) is 9.32. The van der Waals surface area contributed by atoms with E-state index >= 15 is 0 Å². The largest absolute Gasteiger partial charge is 0.494 e. The van der Waals surface area contributed by atoms with Crippen LogP contribution in [0.5, 0.6) is 5.75 Å². The predicted octanol–water partition coefficient (Wildman–Crippen LogP) is 3.89. The van der Waals surface area contributed by atoms with Gasteiger partial charge in [0, 0.05) is 36.5 Å². The number of carbonyl (C=O) groups is 2. The van der Waals surface area contributed by atoms with Crippen molar-refractivity contribution < 1.29 is 14.3 Å². The number of aromatic nitrogens is 1. The highest BCUT2D eigenvalue weighted by Gasteiger charge is 2.28. The summed E-state index contributed by atoms with van der Waals surface area (Å²) in [5.41, 5.74) is 1.28. The number of amides is 1. The Bertz CT molecular complexity index is 904. The number of likely N-dealkylation sites (tertiary alicyclic amines) is 1. The van der Waals surface area contributed by atoms with Crippen molar-refractivity contribution in [2.75, 3.05) is 13.2 Å². The van der Waals surface area contributed by atoms with Crippen molar-refractivity contribution in [3.8, 4) is 11.8 Å². The Hall–Kier alpha value is -2.94. The van der Waals surface area contributed by atoms with Crippen LogP contribution in [0.4, 0.5) is 0 Å². The van der Waals surface area contributed by atoms with E-state index < -0.39 is 0 Å². The molecule has 6 heteroatoms. The molecule has 0 saturated carbocycles. The van der Waals surface area contributed by atoms with E-state index in [0.717, 1.165) is 30.2 Å². The van der Waals surface area contributed by atoms with Gasteiger partial charge in [0.15, 0.2) is 5.78 Å².